The van der Waals surface area contributed by atoms with Crippen molar-refractivity contribution >= 4 is 23.6 Å². The summed E-state index contributed by atoms with van der Waals surface area (Å²) in [7, 11) is 2.81. The van der Waals surface area contributed by atoms with Crippen molar-refractivity contribution in [1.29, 1.82) is 0 Å². The molecule has 0 aliphatic rings. The first kappa shape index (κ1) is 13.0. The Labute approximate surface area is 86.9 Å². The second kappa shape index (κ2) is 6.44. The normalized spacial score (nSPS) is 9.53. The molecule has 7 nitrogen and oxygen atoms in total. The fourth-order valence-electron chi connectivity index (χ4n) is 0.758. The average molecular weight is 212 g/mol. The Bertz CT molecular complexity index is 331. The van der Waals surface area contributed by atoms with Crippen molar-refractivity contribution in [3.63, 3.8) is 0 Å². The summed E-state index contributed by atoms with van der Waals surface area (Å²) in [6.07, 6.45) is 1.34. The molecule has 0 heterocycles. The molecule has 0 aromatic rings. The van der Waals surface area contributed by atoms with Crippen molar-refractivity contribution < 1.29 is 19.2 Å². The molecular formula is C8H12N4O3. The van der Waals surface area contributed by atoms with Gasteiger partial charge in [0.05, 0.1) is 12.8 Å². The number of nitrogens with zero attached hydrogens (tertiary/aromatic N) is 4. The molecule has 0 bridgehead atoms. The Morgan fingerprint density at radius 1 is 1.60 bits per heavy atom. The van der Waals surface area contributed by atoms with E-state index < -0.39 is 17.4 Å². The van der Waals surface area contributed by atoms with E-state index in [9.17, 15) is 9.59 Å². The number of amides is 1. The topological polar surface area (TPSA) is 95.4 Å². The van der Waals surface area contributed by atoms with Gasteiger partial charge in [0.2, 0.25) is 5.78 Å². The smallest absolute Gasteiger partial charge is 0.399 e. The third-order valence-corrected chi connectivity index (χ3v) is 1.52. The van der Waals surface area contributed by atoms with E-state index in [1.807, 2.05) is 0 Å². The van der Waals surface area contributed by atoms with Crippen LogP contribution < -0.4 is 0 Å². The van der Waals surface area contributed by atoms with E-state index in [1.54, 1.807) is 0 Å². The van der Waals surface area contributed by atoms with Gasteiger partial charge in [-0.3, -0.25) is 9.59 Å². The van der Waals surface area contributed by atoms with Crippen molar-refractivity contribution in [1.82, 2.24) is 4.90 Å². The maximum Gasteiger partial charge on any atom is 0.421 e. The molecule has 0 aliphatic heterocycles. The van der Waals surface area contributed by atoms with Gasteiger partial charge in [0.25, 0.3) is 0 Å². The lowest BCUT2D eigenvalue weighted by atomic mass is 10.2. The number of carbonyl (C=O) groups excluding carboxylic acids is 2. The minimum absolute atomic E-state index is 0.152. The van der Waals surface area contributed by atoms with Crippen LogP contribution >= 0.6 is 0 Å². The molecule has 0 aromatic heterocycles. The Hall–Kier alpha value is -2.01. The molecule has 15 heavy (non-hydrogen) atoms. The summed E-state index contributed by atoms with van der Waals surface area (Å²) in [6.45, 7) is 1.29. The van der Waals surface area contributed by atoms with E-state index in [4.69, 9.17) is 5.53 Å². The van der Waals surface area contributed by atoms with E-state index >= 15 is 0 Å². The molecule has 0 aromatic carbocycles. The second-order valence-electron chi connectivity index (χ2n) is 2.66. The van der Waals surface area contributed by atoms with Crippen LogP contribution in [0.15, 0.2) is 5.16 Å². The third kappa shape index (κ3) is 4.15. The first-order valence-electron chi connectivity index (χ1n) is 4.08. The van der Waals surface area contributed by atoms with Gasteiger partial charge < -0.3 is 15.3 Å². The van der Waals surface area contributed by atoms with Crippen molar-refractivity contribution in [2.24, 2.45) is 5.16 Å². The Morgan fingerprint density at radius 2 is 2.20 bits per heavy atom. The molecule has 0 atom stereocenters. The molecule has 1 amide bonds. The number of carbonyl (C=O) groups is 2. The molecule has 0 unspecified atom stereocenters. The highest BCUT2D eigenvalue weighted by atomic mass is 16.6. The first-order valence-corrected chi connectivity index (χ1v) is 4.08. The SMILES string of the molecule is CO/N=C/CN(C)C(=O)C(=[N+]=[N-])C(C)=O. The van der Waals surface area contributed by atoms with Crippen LogP contribution in [0.3, 0.4) is 0 Å². The highest BCUT2D eigenvalue weighted by Gasteiger charge is 2.28. The zero-order valence-corrected chi connectivity index (χ0v) is 8.80. The zero-order chi connectivity index (χ0) is 11.8. The van der Waals surface area contributed by atoms with Crippen molar-refractivity contribution in [2.75, 3.05) is 20.7 Å². The highest BCUT2D eigenvalue weighted by molar-refractivity contribution is 6.63. The fraction of sp³-hybridized carbons (Fsp3) is 0.500. The zero-order valence-electron chi connectivity index (χ0n) is 8.80. The van der Waals surface area contributed by atoms with Crippen LogP contribution in [-0.4, -0.2) is 54.0 Å². The van der Waals surface area contributed by atoms with Gasteiger partial charge in [0, 0.05) is 14.0 Å². The first-order chi connectivity index (χ1) is 7.04. The lowest BCUT2D eigenvalue weighted by molar-refractivity contribution is -0.130. The van der Waals surface area contributed by atoms with Gasteiger partial charge in [0.1, 0.15) is 7.11 Å². The molecule has 0 fully saturated rings. The summed E-state index contributed by atoms with van der Waals surface area (Å²) in [5.41, 5.74) is 7.94. The summed E-state index contributed by atoms with van der Waals surface area (Å²) in [5.74, 6) is -1.27. The standard InChI is InChI=1S/C8H12N4O3/c1-6(13)7(11-9)8(14)12(2)5-4-10-15-3/h4H,5H2,1-3H3/b10-4+. The van der Waals surface area contributed by atoms with Gasteiger partial charge in [-0.05, 0) is 0 Å². The molecule has 0 saturated heterocycles. The quantitative estimate of drug-likeness (QED) is 0.199. The molecule has 0 radical (unpaired) electrons. The molecule has 0 aliphatic carbocycles. The lowest BCUT2D eigenvalue weighted by Crippen LogP contribution is -2.38. The number of rotatable bonds is 5. The summed E-state index contributed by atoms with van der Waals surface area (Å²) >= 11 is 0. The fourth-order valence-corrected chi connectivity index (χ4v) is 0.758. The number of hydrogen-bond donors (Lipinski definition) is 0. The minimum Gasteiger partial charge on any atom is -0.399 e. The summed E-state index contributed by atoms with van der Waals surface area (Å²) in [4.78, 5) is 30.5. The average Bonchev–Trinajstić information content (AvgIpc) is 2.18. The molecule has 0 N–H and O–H groups in total. The van der Waals surface area contributed by atoms with Crippen LogP contribution in [-0.2, 0) is 14.4 Å². The minimum atomic E-state index is -0.674. The number of hydrogen-bond acceptors (Lipinski definition) is 4. The Balaban J connectivity index is 4.50. The van der Waals surface area contributed by atoms with Crippen molar-refractivity contribution in [2.45, 2.75) is 6.92 Å². The van der Waals surface area contributed by atoms with Crippen molar-refractivity contribution in [3.05, 3.63) is 5.53 Å². The van der Waals surface area contributed by atoms with E-state index in [0.717, 1.165) is 6.92 Å². The van der Waals surface area contributed by atoms with E-state index in [-0.39, 0.29) is 6.54 Å². The molecular weight excluding hydrogens is 200 g/mol. The summed E-state index contributed by atoms with van der Waals surface area (Å²) < 4.78 is 0. The molecule has 82 valence electrons. The maximum atomic E-state index is 11.4. The molecule has 7 heteroatoms. The van der Waals surface area contributed by atoms with Crippen LogP contribution in [0.2, 0.25) is 0 Å². The number of oxime groups is 1. The third-order valence-electron chi connectivity index (χ3n) is 1.52. The lowest BCUT2D eigenvalue weighted by Gasteiger charge is -2.09. The monoisotopic (exact) mass is 212 g/mol. The van der Waals surface area contributed by atoms with Crippen LogP contribution in [0, 0.1) is 0 Å². The van der Waals surface area contributed by atoms with Crippen LogP contribution in [0.4, 0.5) is 0 Å². The van der Waals surface area contributed by atoms with E-state index in [1.165, 1.54) is 25.3 Å². The van der Waals surface area contributed by atoms with E-state index in [0.29, 0.717) is 0 Å². The van der Waals surface area contributed by atoms with E-state index in [2.05, 4.69) is 14.8 Å². The molecule has 0 spiro atoms. The van der Waals surface area contributed by atoms with Crippen LogP contribution in [0.5, 0.6) is 0 Å². The van der Waals surface area contributed by atoms with Gasteiger partial charge >= 0.3 is 11.6 Å². The second-order valence-corrected chi connectivity index (χ2v) is 2.66. The van der Waals surface area contributed by atoms with Gasteiger partial charge in [-0.2, -0.15) is 4.79 Å². The maximum absolute atomic E-state index is 11.4. The van der Waals surface area contributed by atoms with Gasteiger partial charge in [0.15, 0.2) is 0 Å². The van der Waals surface area contributed by atoms with Gasteiger partial charge in [-0.15, -0.1) is 0 Å². The molecule has 0 saturated carbocycles. The largest absolute Gasteiger partial charge is 0.421 e. The summed E-state index contributed by atoms with van der Waals surface area (Å²) in [5, 5.41) is 3.42. The summed E-state index contributed by atoms with van der Waals surface area (Å²) in [6, 6.07) is 0. The van der Waals surface area contributed by atoms with Gasteiger partial charge in [-0.1, -0.05) is 5.16 Å². The number of ketones is 1. The van der Waals surface area contributed by atoms with Crippen molar-refractivity contribution in [3.8, 4) is 0 Å². The van der Waals surface area contributed by atoms with Gasteiger partial charge in [-0.25, -0.2) is 0 Å². The predicted molar refractivity (Wildman–Crippen MR) is 52.4 cm³/mol. The number of Topliss-reactive ketones (excluding diaryl/α,β-unsaturated/α-hetero) is 1. The predicted octanol–water partition coefficient (Wildman–Crippen LogP) is -0.663. The Morgan fingerprint density at radius 3 is 2.60 bits per heavy atom. The Kier molecular flexibility index (Phi) is 5.58. The van der Waals surface area contributed by atoms with Crippen LogP contribution in [0.25, 0.3) is 5.53 Å². The highest BCUT2D eigenvalue weighted by Crippen LogP contribution is 1.87. The molecule has 0 rings (SSSR count). The van der Waals surface area contributed by atoms with Crippen LogP contribution in [0.1, 0.15) is 6.92 Å².